The highest BCUT2D eigenvalue weighted by molar-refractivity contribution is 4.92. The van der Waals surface area contributed by atoms with E-state index in [0.717, 1.165) is 19.7 Å². The van der Waals surface area contributed by atoms with Crippen LogP contribution in [0, 0.1) is 0 Å². The first-order valence-corrected chi connectivity index (χ1v) is 7.23. The molecule has 1 saturated carbocycles. The molecule has 1 saturated heterocycles. The van der Waals surface area contributed by atoms with Gasteiger partial charge >= 0.3 is 0 Å². The van der Waals surface area contributed by atoms with Crippen molar-refractivity contribution in [1.82, 2.24) is 10.2 Å². The number of likely N-dealkylation sites (N-methyl/N-ethyl adjacent to an activating group) is 1. The van der Waals surface area contributed by atoms with Crippen molar-refractivity contribution in [3.63, 3.8) is 0 Å². The van der Waals surface area contributed by atoms with Crippen molar-refractivity contribution >= 4 is 0 Å². The van der Waals surface area contributed by atoms with Gasteiger partial charge in [-0.3, -0.25) is 0 Å². The van der Waals surface area contributed by atoms with Gasteiger partial charge in [0, 0.05) is 25.2 Å². The van der Waals surface area contributed by atoms with Gasteiger partial charge in [0.1, 0.15) is 0 Å². The Morgan fingerprint density at radius 3 is 2.53 bits per heavy atom. The van der Waals surface area contributed by atoms with Gasteiger partial charge in [0.25, 0.3) is 0 Å². The Kier molecular flexibility index (Phi) is 4.83. The zero-order valence-electron chi connectivity index (χ0n) is 11.5. The summed E-state index contributed by atoms with van der Waals surface area (Å²) in [4.78, 5) is 2.44. The number of nitrogens with one attached hydrogen (secondary N) is 1. The van der Waals surface area contributed by atoms with Crippen LogP contribution >= 0.6 is 0 Å². The molecule has 1 atom stereocenters. The first-order valence-electron chi connectivity index (χ1n) is 7.23. The van der Waals surface area contributed by atoms with Crippen LogP contribution in [0.15, 0.2) is 0 Å². The van der Waals surface area contributed by atoms with Gasteiger partial charge in [-0.2, -0.15) is 0 Å². The van der Waals surface area contributed by atoms with E-state index in [4.69, 9.17) is 4.74 Å². The Balaban J connectivity index is 1.76. The van der Waals surface area contributed by atoms with Crippen LogP contribution in [-0.2, 0) is 4.74 Å². The summed E-state index contributed by atoms with van der Waals surface area (Å²) in [6, 6.07) is 0. The summed E-state index contributed by atoms with van der Waals surface area (Å²) in [6.45, 7) is 3.13. The van der Waals surface area contributed by atoms with E-state index < -0.39 is 0 Å². The minimum Gasteiger partial charge on any atom is -0.377 e. The monoisotopic (exact) mass is 240 g/mol. The molecule has 1 aliphatic carbocycles. The average Bonchev–Trinajstić information content (AvgIpc) is 2.83. The highest BCUT2D eigenvalue weighted by Gasteiger charge is 2.33. The molecule has 1 aliphatic heterocycles. The molecule has 0 radical (unpaired) electrons. The summed E-state index contributed by atoms with van der Waals surface area (Å²) in [5.41, 5.74) is 0.400. The number of rotatable bonds is 5. The average molecular weight is 240 g/mol. The molecule has 2 fully saturated rings. The Labute approximate surface area is 106 Å². The molecule has 0 spiro atoms. The van der Waals surface area contributed by atoms with Crippen molar-refractivity contribution in [3.8, 4) is 0 Å². The third kappa shape index (κ3) is 3.43. The van der Waals surface area contributed by atoms with Gasteiger partial charge in [0.05, 0.1) is 6.10 Å². The standard InChI is InChI=1S/C14H28N2O/c1-16(2)14(8-4-3-5-9-14)12-15-11-13-7-6-10-17-13/h13,15H,3-12H2,1-2H3. The topological polar surface area (TPSA) is 24.5 Å². The fourth-order valence-corrected chi connectivity index (χ4v) is 3.26. The summed E-state index contributed by atoms with van der Waals surface area (Å²) in [7, 11) is 4.47. The summed E-state index contributed by atoms with van der Waals surface area (Å²) >= 11 is 0. The second kappa shape index (κ2) is 6.17. The third-order valence-corrected chi connectivity index (χ3v) is 4.58. The van der Waals surface area contributed by atoms with E-state index in [-0.39, 0.29) is 0 Å². The zero-order valence-corrected chi connectivity index (χ0v) is 11.5. The third-order valence-electron chi connectivity index (χ3n) is 4.58. The molecular formula is C14H28N2O. The van der Waals surface area contributed by atoms with Crippen molar-refractivity contribution in [1.29, 1.82) is 0 Å². The van der Waals surface area contributed by atoms with E-state index in [1.807, 2.05) is 0 Å². The van der Waals surface area contributed by atoms with E-state index in [1.165, 1.54) is 44.9 Å². The number of hydrogen-bond donors (Lipinski definition) is 1. The predicted molar refractivity (Wildman–Crippen MR) is 71.3 cm³/mol. The lowest BCUT2D eigenvalue weighted by molar-refractivity contribution is 0.0811. The molecule has 0 aromatic rings. The van der Waals surface area contributed by atoms with Crippen LogP contribution in [-0.4, -0.2) is 50.3 Å². The molecule has 3 nitrogen and oxygen atoms in total. The van der Waals surface area contributed by atoms with Crippen molar-refractivity contribution in [2.45, 2.75) is 56.6 Å². The predicted octanol–water partition coefficient (Wildman–Crippen LogP) is 2.02. The highest BCUT2D eigenvalue weighted by Crippen LogP contribution is 2.31. The van der Waals surface area contributed by atoms with E-state index in [0.29, 0.717) is 11.6 Å². The summed E-state index contributed by atoms with van der Waals surface area (Å²) in [5.74, 6) is 0. The molecule has 3 heteroatoms. The number of hydrogen-bond acceptors (Lipinski definition) is 3. The fourth-order valence-electron chi connectivity index (χ4n) is 3.26. The lowest BCUT2D eigenvalue weighted by Gasteiger charge is -2.43. The van der Waals surface area contributed by atoms with Gasteiger partial charge in [0.15, 0.2) is 0 Å². The van der Waals surface area contributed by atoms with Crippen LogP contribution in [0.2, 0.25) is 0 Å². The smallest absolute Gasteiger partial charge is 0.0700 e. The van der Waals surface area contributed by atoms with Crippen LogP contribution in [0.1, 0.15) is 44.9 Å². The van der Waals surface area contributed by atoms with Gasteiger partial charge in [-0.15, -0.1) is 0 Å². The summed E-state index contributed by atoms with van der Waals surface area (Å²) in [6.07, 6.45) is 9.84. The van der Waals surface area contributed by atoms with E-state index >= 15 is 0 Å². The molecule has 1 N–H and O–H groups in total. The van der Waals surface area contributed by atoms with Gasteiger partial charge in [0.2, 0.25) is 0 Å². The lowest BCUT2D eigenvalue weighted by Crippen LogP contribution is -2.53. The van der Waals surface area contributed by atoms with Crippen LogP contribution in [0.3, 0.4) is 0 Å². The van der Waals surface area contributed by atoms with Crippen molar-refractivity contribution in [3.05, 3.63) is 0 Å². The van der Waals surface area contributed by atoms with Crippen LogP contribution in [0.5, 0.6) is 0 Å². The van der Waals surface area contributed by atoms with Crippen LogP contribution < -0.4 is 5.32 Å². The maximum Gasteiger partial charge on any atom is 0.0700 e. The molecule has 2 rings (SSSR count). The van der Waals surface area contributed by atoms with Crippen molar-refractivity contribution in [2.75, 3.05) is 33.8 Å². The minimum atomic E-state index is 0.400. The van der Waals surface area contributed by atoms with Gasteiger partial charge in [-0.1, -0.05) is 19.3 Å². The maximum atomic E-state index is 5.66. The van der Waals surface area contributed by atoms with Gasteiger partial charge in [-0.05, 0) is 39.8 Å². The Bertz CT molecular complexity index is 218. The highest BCUT2D eigenvalue weighted by atomic mass is 16.5. The quantitative estimate of drug-likeness (QED) is 0.795. The molecule has 1 unspecified atom stereocenters. The molecular weight excluding hydrogens is 212 g/mol. The van der Waals surface area contributed by atoms with Crippen molar-refractivity contribution < 1.29 is 4.74 Å². The summed E-state index contributed by atoms with van der Waals surface area (Å²) in [5, 5.41) is 3.65. The fraction of sp³-hybridized carbons (Fsp3) is 1.00. The molecule has 1 heterocycles. The summed E-state index contributed by atoms with van der Waals surface area (Å²) < 4.78 is 5.66. The molecule has 0 bridgehead atoms. The second-order valence-corrected chi connectivity index (χ2v) is 5.95. The van der Waals surface area contributed by atoms with Crippen LogP contribution in [0.25, 0.3) is 0 Å². The Morgan fingerprint density at radius 2 is 1.94 bits per heavy atom. The lowest BCUT2D eigenvalue weighted by atomic mass is 9.80. The number of nitrogens with zero attached hydrogens (tertiary/aromatic N) is 1. The van der Waals surface area contributed by atoms with Crippen molar-refractivity contribution in [2.24, 2.45) is 0 Å². The van der Waals surface area contributed by atoms with E-state index in [9.17, 15) is 0 Å². The maximum absolute atomic E-state index is 5.66. The molecule has 0 amide bonds. The van der Waals surface area contributed by atoms with Gasteiger partial charge in [-0.25, -0.2) is 0 Å². The first kappa shape index (κ1) is 13.3. The van der Waals surface area contributed by atoms with E-state index in [1.54, 1.807) is 0 Å². The van der Waals surface area contributed by atoms with Crippen LogP contribution in [0.4, 0.5) is 0 Å². The van der Waals surface area contributed by atoms with E-state index in [2.05, 4.69) is 24.3 Å². The molecule has 0 aromatic heterocycles. The molecule has 17 heavy (non-hydrogen) atoms. The SMILES string of the molecule is CN(C)C1(CNCC2CCCO2)CCCCC1. The Morgan fingerprint density at radius 1 is 1.18 bits per heavy atom. The normalized spacial score (nSPS) is 28.8. The minimum absolute atomic E-state index is 0.400. The number of ether oxygens (including phenoxy) is 1. The molecule has 100 valence electrons. The first-order chi connectivity index (χ1) is 8.23. The molecule has 2 aliphatic rings. The molecule has 0 aromatic carbocycles. The zero-order chi connectivity index (χ0) is 12.1. The second-order valence-electron chi connectivity index (χ2n) is 5.95. The largest absolute Gasteiger partial charge is 0.377 e. The Hall–Kier alpha value is -0.120. The van der Waals surface area contributed by atoms with Gasteiger partial charge < -0.3 is 15.0 Å².